The van der Waals surface area contributed by atoms with Crippen LogP contribution in [-0.4, -0.2) is 23.7 Å². The maximum absolute atomic E-state index is 13.0. The fourth-order valence-electron chi connectivity index (χ4n) is 3.19. The van der Waals surface area contributed by atoms with E-state index >= 15 is 0 Å². The second-order valence-electron chi connectivity index (χ2n) is 6.43. The third-order valence-electron chi connectivity index (χ3n) is 4.59. The van der Waals surface area contributed by atoms with Crippen molar-refractivity contribution < 1.29 is 19.0 Å². The van der Waals surface area contributed by atoms with Crippen LogP contribution in [0.2, 0.25) is 0 Å². The smallest absolute Gasteiger partial charge is 0.220 e. The average molecular weight is 343 g/mol. The predicted molar refractivity (Wildman–Crippen MR) is 92.9 cm³/mol. The van der Waals surface area contributed by atoms with Crippen molar-refractivity contribution in [3.8, 4) is 5.75 Å². The molecular weight excluding hydrogens is 321 g/mol. The molecule has 0 aliphatic carbocycles. The monoisotopic (exact) mass is 343 g/mol. The van der Waals surface area contributed by atoms with Gasteiger partial charge in [0.15, 0.2) is 0 Å². The van der Waals surface area contributed by atoms with Gasteiger partial charge in [0, 0.05) is 6.42 Å². The highest BCUT2D eigenvalue weighted by atomic mass is 19.1. The van der Waals surface area contributed by atoms with E-state index in [-0.39, 0.29) is 17.6 Å². The van der Waals surface area contributed by atoms with Crippen LogP contribution in [0.15, 0.2) is 48.5 Å². The quantitative estimate of drug-likeness (QED) is 0.876. The van der Waals surface area contributed by atoms with E-state index in [1.54, 1.807) is 6.92 Å². The van der Waals surface area contributed by atoms with Gasteiger partial charge in [0.25, 0.3) is 0 Å². The normalized spacial score (nSPS) is 18.6. The number of aliphatic hydroxyl groups excluding tert-OH is 1. The molecule has 2 aromatic rings. The third-order valence-corrected chi connectivity index (χ3v) is 4.59. The number of nitrogens with one attached hydrogen (secondary N) is 1. The van der Waals surface area contributed by atoms with Crippen LogP contribution in [0.25, 0.3) is 0 Å². The molecule has 0 aromatic heterocycles. The van der Waals surface area contributed by atoms with E-state index in [9.17, 15) is 14.3 Å². The lowest BCUT2D eigenvalue weighted by Gasteiger charge is -2.26. The van der Waals surface area contributed by atoms with Gasteiger partial charge in [-0.05, 0) is 48.6 Å². The van der Waals surface area contributed by atoms with Crippen LogP contribution in [0.1, 0.15) is 42.9 Å². The van der Waals surface area contributed by atoms with E-state index in [4.69, 9.17) is 4.74 Å². The summed E-state index contributed by atoms with van der Waals surface area (Å²) in [6, 6.07) is 13.0. The van der Waals surface area contributed by atoms with E-state index in [2.05, 4.69) is 5.32 Å². The summed E-state index contributed by atoms with van der Waals surface area (Å²) in [5.74, 6) is 0.479. The van der Waals surface area contributed by atoms with Crippen molar-refractivity contribution in [3.63, 3.8) is 0 Å². The van der Waals surface area contributed by atoms with Gasteiger partial charge in [0.2, 0.25) is 5.91 Å². The summed E-state index contributed by atoms with van der Waals surface area (Å²) in [6.07, 6.45) is 0.256. The fraction of sp³-hybridized carbons (Fsp3) is 0.350. The van der Waals surface area contributed by atoms with Crippen LogP contribution >= 0.6 is 0 Å². The molecule has 1 amide bonds. The number of para-hydroxylation sites is 1. The molecular formula is C20H22FNO3. The van der Waals surface area contributed by atoms with E-state index in [1.807, 2.05) is 24.3 Å². The molecule has 0 saturated carbocycles. The number of aliphatic hydroxyl groups is 1. The highest BCUT2D eigenvalue weighted by molar-refractivity contribution is 5.77. The first kappa shape index (κ1) is 17.4. The van der Waals surface area contributed by atoms with Gasteiger partial charge >= 0.3 is 0 Å². The van der Waals surface area contributed by atoms with Crippen LogP contribution in [-0.2, 0) is 4.79 Å². The minimum absolute atomic E-state index is 0.111. The number of benzene rings is 2. The molecule has 25 heavy (non-hydrogen) atoms. The molecule has 3 atom stereocenters. The molecule has 0 bridgehead atoms. The Morgan fingerprint density at radius 3 is 2.76 bits per heavy atom. The van der Waals surface area contributed by atoms with Gasteiger partial charge in [0.05, 0.1) is 18.8 Å². The van der Waals surface area contributed by atoms with Crippen LogP contribution in [0, 0.1) is 5.82 Å². The molecule has 0 saturated heterocycles. The van der Waals surface area contributed by atoms with Gasteiger partial charge in [0.1, 0.15) is 11.6 Å². The first-order valence-electron chi connectivity index (χ1n) is 8.49. The Kier molecular flexibility index (Phi) is 5.34. The van der Waals surface area contributed by atoms with Crippen molar-refractivity contribution in [3.05, 3.63) is 65.5 Å². The van der Waals surface area contributed by atoms with Crippen LogP contribution < -0.4 is 10.1 Å². The van der Waals surface area contributed by atoms with E-state index in [0.717, 1.165) is 17.7 Å². The fourth-order valence-corrected chi connectivity index (χ4v) is 3.19. The zero-order valence-electron chi connectivity index (χ0n) is 14.1. The Hall–Kier alpha value is -2.40. The molecule has 3 unspecified atom stereocenters. The molecule has 4 nitrogen and oxygen atoms in total. The summed E-state index contributed by atoms with van der Waals surface area (Å²) >= 11 is 0. The van der Waals surface area contributed by atoms with E-state index in [0.29, 0.717) is 18.6 Å². The first-order valence-corrected chi connectivity index (χ1v) is 8.49. The number of halogens is 1. The van der Waals surface area contributed by atoms with Gasteiger partial charge < -0.3 is 15.2 Å². The molecule has 1 aliphatic rings. The van der Waals surface area contributed by atoms with E-state index < -0.39 is 12.1 Å². The van der Waals surface area contributed by atoms with Crippen LogP contribution in [0.3, 0.4) is 0 Å². The standard InChI is InChI=1S/C20H22FNO3/c1-13(20(24)14-6-8-16(21)9-7-14)22-19(23)12-15-10-11-25-18-5-3-2-4-17(15)18/h2-9,13,15,20,24H,10-12H2,1H3,(H,22,23). The molecule has 1 aliphatic heterocycles. The highest BCUT2D eigenvalue weighted by Gasteiger charge is 2.25. The molecule has 0 radical (unpaired) electrons. The number of amides is 1. The number of carbonyl (C=O) groups excluding carboxylic acids is 1. The van der Waals surface area contributed by atoms with Crippen molar-refractivity contribution >= 4 is 5.91 Å². The topological polar surface area (TPSA) is 58.6 Å². The molecule has 1 heterocycles. The molecule has 3 rings (SSSR count). The Morgan fingerprint density at radius 2 is 2.00 bits per heavy atom. The second-order valence-corrected chi connectivity index (χ2v) is 6.43. The zero-order chi connectivity index (χ0) is 17.8. The minimum Gasteiger partial charge on any atom is -0.493 e. The lowest BCUT2D eigenvalue weighted by atomic mass is 9.90. The summed E-state index contributed by atoms with van der Waals surface area (Å²) in [5, 5.41) is 13.2. The molecule has 2 N–H and O–H groups in total. The number of fused-ring (bicyclic) bond motifs is 1. The van der Waals surface area contributed by atoms with E-state index in [1.165, 1.54) is 24.3 Å². The lowest BCUT2D eigenvalue weighted by Crippen LogP contribution is -2.38. The number of carbonyl (C=O) groups is 1. The van der Waals surface area contributed by atoms with Gasteiger partial charge in [-0.2, -0.15) is 0 Å². The van der Waals surface area contributed by atoms with Gasteiger partial charge in [-0.15, -0.1) is 0 Å². The maximum atomic E-state index is 13.0. The molecule has 0 fully saturated rings. The van der Waals surface area contributed by atoms with Crippen LogP contribution in [0.4, 0.5) is 4.39 Å². The zero-order valence-corrected chi connectivity index (χ0v) is 14.1. The molecule has 132 valence electrons. The summed E-state index contributed by atoms with van der Waals surface area (Å²) in [5.41, 5.74) is 1.63. The van der Waals surface area contributed by atoms with Crippen molar-refractivity contribution in [2.45, 2.75) is 37.8 Å². The number of hydrogen-bond acceptors (Lipinski definition) is 3. The Balaban J connectivity index is 1.60. The summed E-state index contributed by atoms with van der Waals surface area (Å²) < 4.78 is 18.6. The van der Waals surface area contributed by atoms with Crippen LogP contribution in [0.5, 0.6) is 5.75 Å². The largest absolute Gasteiger partial charge is 0.493 e. The lowest BCUT2D eigenvalue weighted by molar-refractivity contribution is -0.123. The molecule has 2 aromatic carbocycles. The number of ether oxygens (including phenoxy) is 1. The Labute approximate surface area is 146 Å². The second kappa shape index (κ2) is 7.66. The Morgan fingerprint density at radius 1 is 1.28 bits per heavy atom. The summed E-state index contributed by atoms with van der Waals surface area (Å²) in [7, 11) is 0. The van der Waals surface area contributed by atoms with Crippen molar-refractivity contribution in [2.75, 3.05) is 6.61 Å². The van der Waals surface area contributed by atoms with Crippen molar-refractivity contribution in [1.82, 2.24) is 5.32 Å². The summed E-state index contributed by atoms with van der Waals surface area (Å²) in [4.78, 5) is 12.4. The SMILES string of the molecule is CC(NC(=O)CC1CCOc2ccccc21)C(O)c1ccc(F)cc1. The highest BCUT2D eigenvalue weighted by Crippen LogP contribution is 2.35. The van der Waals surface area contributed by atoms with Gasteiger partial charge in [-0.1, -0.05) is 30.3 Å². The summed E-state index contributed by atoms with van der Waals surface area (Å²) in [6.45, 7) is 2.34. The third kappa shape index (κ3) is 4.17. The van der Waals surface area contributed by atoms with Gasteiger partial charge in [-0.3, -0.25) is 4.79 Å². The average Bonchev–Trinajstić information content (AvgIpc) is 2.62. The predicted octanol–water partition coefficient (Wildman–Crippen LogP) is 3.32. The number of hydrogen-bond donors (Lipinski definition) is 2. The van der Waals surface area contributed by atoms with Crippen molar-refractivity contribution in [1.29, 1.82) is 0 Å². The van der Waals surface area contributed by atoms with Crippen molar-refractivity contribution in [2.24, 2.45) is 0 Å². The minimum atomic E-state index is -0.883. The Bertz CT molecular complexity index is 732. The molecule has 5 heteroatoms. The maximum Gasteiger partial charge on any atom is 0.220 e. The van der Waals surface area contributed by atoms with Gasteiger partial charge in [-0.25, -0.2) is 4.39 Å². The number of rotatable bonds is 5. The first-order chi connectivity index (χ1) is 12.0. The molecule has 0 spiro atoms.